The van der Waals surface area contributed by atoms with E-state index in [0.29, 0.717) is 6.04 Å². The number of nitrogens with zero attached hydrogens (tertiary/aromatic N) is 2. The van der Waals surface area contributed by atoms with E-state index in [1.807, 2.05) is 0 Å². The summed E-state index contributed by atoms with van der Waals surface area (Å²) in [5, 5.41) is 2.53. The zero-order valence-electron chi connectivity index (χ0n) is 13.9. The maximum Gasteiger partial charge on any atom is 0.238 e. The van der Waals surface area contributed by atoms with Crippen molar-refractivity contribution in [1.82, 2.24) is 9.80 Å². The maximum absolute atomic E-state index is 13.6. The summed E-state index contributed by atoms with van der Waals surface area (Å²) in [7, 11) is 0. The van der Waals surface area contributed by atoms with Gasteiger partial charge in [-0.05, 0) is 50.9 Å². The van der Waals surface area contributed by atoms with Crippen molar-refractivity contribution in [3.63, 3.8) is 0 Å². The van der Waals surface area contributed by atoms with Gasteiger partial charge in [-0.3, -0.25) is 9.69 Å². The molecule has 2 fully saturated rings. The molecule has 1 aromatic rings. The second-order valence-electron chi connectivity index (χ2n) is 6.78. The summed E-state index contributed by atoms with van der Waals surface area (Å²) in [6.07, 6.45) is 6.10. The molecule has 2 heterocycles. The number of rotatable bonds is 4. The monoisotopic (exact) mass is 337 g/mol. The van der Waals surface area contributed by atoms with Gasteiger partial charge in [0.25, 0.3) is 0 Å². The van der Waals surface area contributed by atoms with Gasteiger partial charge in [0.05, 0.1) is 12.2 Å². The number of anilines is 1. The van der Waals surface area contributed by atoms with E-state index in [1.165, 1.54) is 38.4 Å². The van der Waals surface area contributed by atoms with Crippen LogP contribution in [0, 0.1) is 11.6 Å². The van der Waals surface area contributed by atoms with Gasteiger partial charge in [0, 0.05) is 25.2 Å². The highest BCUT2D eigenvalue weighted by molar-refractivity contribution is 5.92. The van der Waals surface area contributed by atoms with Crippen molar-refractivity contribution in [2.75, 3.05) is 38.0 Å². The fourth-order valence-electron chi connectivity index (χ4n) is 3.71. The van der Waals surface area contributed by atoms with Gasteiger partial charge in [0.2, 0.25) is 5.91 Å². The summed E-state index contributed by atoms with van der Waals surface area (Å²) in [4.78, 5) is 16.8. The average Bonchev–Trinajstić information content (AvgIpc) is 2.59. The molecule has 0 bridgehead atoms. The summed E-state index contributed by atoms with van der Waals surface area (Å²) < 4.78 is 26.5. The molecule has 1 amide bonds. The number of likely N-dealkylation sites (tertiary alicyclic amines) is 2. The Labute approximate surface area is 141 Å². The molecule has 0 unspecified atom stereocenters. The molecule has 0 aromatic heterocycles. The highest BCUT2D eigenvalue weighted by Crippen LogP contribution is 2.21. The molecule has 1 aromatic carbocycles. The van der Waals surface area contributed by atoms with Crippen LogP contribution in [0.1, 0.15) is 32.1 Å². The molecule has 1 N–H and O–H groups in total. The van der Waals surface area contributed by atoms with Crippen molar-refractivity contribution in [2.45, 2.75) is 38.1 Å². The number of nitrogens with one attached hydrogen (secondary N) is 1. The number of piperidine rings is 2. The predicted molar refractivity (Wildman–Crippen MR) is 89.9 cm³/mol. The fourth-order valence-corrected chi connectivity index (χ4v) is 3.71. The van der Waals surface area contributed by atoms with E-state index in [1.54, 1.807) is 0 Å². The average molecular weight is 337 g/mol. The number of halogens is 2. The smallest absolute Gasteiger partial charge is 0.238 e. The van der Waals surface area contributed by atoms with Gasteiger partial charge < -0.3 is 10.2 Å². The number of amides is 1. The van der Waals surface area contributed by atoms with Crippen LogP contribution in [0.5, 0.6) is 0 Å². The molecule has 24 heavy (non-hydrogen) atoms. The van der Waals surface area contributed by atoms with Crippen LogP contribution in [0.25, 0.3) is 0 Å². The lowest BCUT2D eigenvalue weighted by molar-refractivity contribution is -0.117. The van der Waals surface area contributed by atoms with Gasteiger partial charge >= 0.3 is 0 Å². The minimum atomic E-state index is -0.743. The lowest BCUT2D eigenvalue weighted by Gasteiger charge is -2.40. The predicted octanol–water partition coefficient (Wildman–Crippen LogP) is 2.85. The molecular formula is C18H25F2N3O. The zero-order valence-corrected chi connectivity index (χ0v) is 13.9. The topological polar surface area (TPSA) is 35.6 Å². The van der Waals surface area contributed by atoms with Gasteiger partial charge in [0.15, 0.2) is 0 Å². The van der Waals surface area contributed by atoms with Crippen molar-refractivity contribution in [3.05, 3.63) is 29.8 Å². The SMILES string of the molecule is O=C(CN1CCC(N2CCCCC2)CC1)Nc1ccc(F)cc1F. The molecule has 0 radical (unpaired) electrons. The van der Waals surface area contributed by atoms with E-state index in [0.717, 1.165) is 38.1 Å². The van der Waals surface area contributed by atoms with Crippen molar-refractivity contribution in [2.24, 2.45) is 0 Å². The first kappa shape index (κ1) is 17.3. The standard InChI is InChI=1S/C18H25F2N3O/c19-14-4-5-17(16(20)12-14)21-18(24)13-22-10-6-15(7-11-22)23-8-2-1-3-9-23/h4-5,12,15H,1-3,6-11,13H2,(H,21,24). The Bertz CT molecular complexity index is 567. The van der Waals surface area contributed by atoms with Crippen molar-refractivity contribution in [3.8, 4) is 0 Å². The van der Waals surface area contributed by atoms with Crippen molar-refractivity contribution >= 4 is 11.6 Å². The Hall–Kier alpha value is -1.53. The molecule has 132 valence electrons. The molecule has 6 heteroatoms. The summed E-state index contributed by atoms with van der Waals surface area (Å²) in [6.45, 7) is 4.44. The van der Waals surface area contributed by atoms with Crippen LogP contribution in [0.3, 0.4) is 0 Å². The zero-order chi connectivity index (χ0) is 16.9. The molecule has 0 atom stereocenters. The lowest BCUT2D eigenvalue weighted by atomic mass is 10.00. The minimum Gasteiger partial charge on any atom is -0.322 e. The second-order valence-corrected chi connectivity index (χ2v) is 6.78. The summed E-state index contributed by atoms with van der Waals surface area (Å²) in [5.74, 6) is -1.64. The Kier molecular flexibility index (Phi) is 5.79. The number of benzene rings is 1. The molecular weight excluding hydrogens is 312 g/mol. The Morgan fingerprint density at radius 2 is 1.79 bits per heavy atom. The van der Waals surface area contributed by atoms with Gasteiger partial charge in [-0.2, -0.15) is 0 Å². The molecule has 0 saturated carbocycles. The van der Waals surface area contributed by atoms with Gasteiger partial charge in [-0.25, -0.2) is 8.78 Å². The van der Waals surface area contributed by atoms with E-state index in [9.17, 15) is 13.6 Å². The minimum absolute atomic E-state index is 0.0320. The number of carbonyl (C=O) groups excluding carboxylic acids is 1. The Morgan fingerprint density at radius 1 is 1.08 bits per heavy atom. The van der Waals surface area contributed by atoms with Crippen LogP contribution in [0.4, 0.5) is 14.5 Å². The first-order valence-corrected chi connectivity index (χ1v) is 8.83. The van der Waals surface area contributed by atoms with E-state index >= 15 is 0 Å². The first-order valence-electron chi connectivity index (χ1n) is 8.83. The third-order valence-corrected chi connectivity index (χ3v) is 5.04. The van der Waals surface area contributed by atoms with Crippen LogP contribution in [0.2, 0.25) is 0 Å². The van der Waals surface area contributed by atoms with Crippen LogP contribution in [-0.2, 0) is 4.79 Å². The number of hydrogen-bond donors (Lipinski definition) is 1. The molecule has 2 saturated heterocycles. The maximum atomic E-state index is 13.6. The quantitative estimate of drug-likeness (QED) is 0.918. The molecule has 0 spiro atoms. The summed E-state index contributed by atoms with van der Waals surface area (Å²) in [5.41, 5.74) is 0.0320. The molecule has 3 rings (SSSR count). The van der Waals surface area contributed by atoms with E-state index in [-0.39, 0.29) is 18.1 Å². The van der Waals surface area contributed by atoms with E-state index in [2.05, 4.69) is 15.1 Å². The molecule has 2 aliphatic heterocycles. The highest BCUT2D eigenvalue weighted by Gasteiger charge is 2.26. The van der Waals surface area contributed by atoms with Gasteiger partial charge in [-0.15, -0.1) is 0 Å². The summed E-state index contributed by atoms with van der Waals surface area (Å²) in [6, 6.07) is 3.81. The molecule has 2 aliphatic rings. The third-order valence-electron chi connectivity index (χ3n) is 5.04. The van der Waals surface area contributed by atoms with Crippen LogP contribution < -0.4 is 5.32 Å². The third kappa shape index (κ3) is 4.51. The van der Waals surface area contributed by atoms with Crippen LogP contribution >= 0.6 is 0 Å². The van der Waals surface area contributed by atoms with Crippen LogP contribution in [-0.4, -0.2) is 54.5 Å². The van der Waals surface area contributed by atoms with Crippen LogP contribution in [0.15, 0.2) is 18.2 Å². The number of carbonyl (C=O) groups is 1. The van der Waals surface area contributed by atoms with Gasteiger partial charge in [-0.1, -0.05) is 6.42 Å². The largest absolute Gasteiger partial charge is 0.322 e. The Morgan fingerprint density at radius 3 is 2.46 bits per heavy atom. The van der Waals surface area contributed by atoms with Gasteiger partial charge in [0.1, 0.15) is 11.6 Å². The second kappa shape index (κ2) is 8.03. The fraction of sp³-hybridized carbons (Fsp3) is 0.611. The van der Waals surface area contributed by atoms with Crippen molar-refractivity contribution < 1.29 is 13.6 Å². The highest BCUT2D eigenvalue weighted by atomic mass is 19.1. The lowest BCUT2D eigenvalue weighted by Crippen LogP contribution is -2.48. The number of hydrogen-bond acceptors (Lipinski definition) is 3. The van der Waals surface area contributed by atoms with Crippen molar-refractivity contribution in [1.29, 1.82) is 0 Å². The molecule has 4 nitrogen and oxygen atoms in total. The normalized spacial score (nSPS) is 20.9. The first-order chi connectivity index (χ1) is 11.6. The Balaban J connectivity index is 1.44. The van der Waals surface area contributed by atoms with E-state index < -0.39 is 11.6 Å². The molecule has 0 aliphatic carbocycles. The van der Waals surface area contributed by atoms with E-state index in [4.69, 9.17) is 0 Å². The summed E-state index contributed by atoms with van der Waals surface area (Å²) >= 11 is 0.